The third-order valence-corrected chi connectivity index (χ3v) is 3.69. The van der Waals surface area contributed by atoms with Crippen molar-refractivity contribution in [1.82, 2.24) is 4.90 Å². The lowest BCUT2D eigenvalue weighted by molar-refractivity contribution is -0.144. The van der Waals surface area contributed by atoms with Gasteiger partial charge >= 0.3 is 5.97 Å². The maximum absolute atomic E-state index is 12.5. The number of esters is 1. The number of hydrogen-bond donors (Lipinski definition) is 0. The first-order valence-corrected chi connectivity index (χ1v) is 8.50. The first-order valence-electron chi connectivity index (χ1n) is 8.50. The number of carbonyl (C=O) groups excluding carboxylic acids is 2. The van der Waals surface area contributed by atoms with E-state index in [1.165, 1.54) is 0 Å². The monoisotopic (exact) mass is 319 g/mol. The van der Waals surface area contributed by atoms with Gasteiger partial charge in [0.2, 0.25) is 5.91 Å². The summed E-state index contributed by atoms with van der Waals surface area (Å²) in [6, 6.07) is 10.0. The lowest BCUT2D eigenvalue weighted by atomic mass is 10.1. The fourth-order valence-corrected chi connectivity index (χ4v) is 2.29. The SMILES string of the molecule is CCOC(=O)CCN(CCC(C)C)C(=O)CCc1ccccc1. The van der Waals surface area contributed by atoms with Crippen LogP contribution in [0.1, 0.15) is 45.6 Å². The van der Waals surface area contributed by atoms with Crippen LogP contribution in [0.25, 0.3) is 0 Å². The van der Waals surface area contributed by atoms with Crippen LogP contribution in [0.4, 0.5) is 0 Å². The molecule has 128 valence electrons. The lowest BCUT2D eigenvalue weighted by Gasteiger charge is -2.23. The summed E-state index contributed by atoms with van der Waals surface area (Å²) in [6.07, 6.45) is 2.42. The number of nitrogens with zero attached hydrogens (tertiary/aromatic N) is 1. The molecule has 1 aromatic carbocycles. The normalized spacial score (nSPS) is 10.6. The van der Waals surface area contributed by atoms with Crippen molar-refractivity contribution in [3.8, 4) is 0 Å². The second-order valence-electron chi connectivity index (χ2n) is 6.10. The summed E-state index contributed by atoms with van der Waals surface area (Å²) in [5, 5.41) is 0. The standard InChI is InChI=1S/C19H29NO3/c1-4-23-19(22)13-15-20(14-12-16(2)3)18(21)11-10-17-8-6-5-7-9-17/h5-9,16H,4,10-15H2,1-3H3. The molecule has 0 bridgehead atoms. The molecule has 4 heteroatoms. The number of ether oxygens (including phenoxy) is 1. The van der Waals surface area contributed by atoms with Crippen molar-refractivity contribution in [2.75, 3.05) is 19.7 Å². The smallest absolute Gasteiger partial charge is 0.307 e. The van der Waals surface area contributed by atoms with Gasteiger partial charge in [-0.2, -0.15) is 0 Å². The topological polar surface area (TPSA) is 46.6 Å². The molecule has 0 heterocycles. The van der Waals surface area contributed by atoms with Crippen LogP contribution >= 0.6 is 0 Å². The van der Waals surface area contributed by atoms with E-state index in [-0.39, 0.29) is 18.3 Å². The van der Waals surface area contributed by atoms with Crippen LogP contribution in [-0.4, -0.2) is 36.5 Å². The summed E-state index contributed by atoms with van der Waals surface area (Å²) >= 11 is 0. The molecule has 0 N–H and O–H groups in total. The Balaban J connectivity index is 2.51. The van der Waals surface area contributed by atoms with E-state index >= 15 is 0 Å². The van der Waals surface area contributed by atoms with Gasteiger partial charge in [-0.15, -0.1) is 0 Å². The molecular weight excluding hydrogens is 290 g/mol. The molecule has 0 saturated heterocycles. The van der Waals surface area contributed by atoms with E-state index in [4.69, 9.17) is 4.74 Å². The van der Waals surface area contributed by atoms with Crippen molar-refractivity contribution in [1.29, 1.82) is 0 Å². The van der Waals surface area contributed by atoms with Gasteiger partial charge in [0.15, 0.2) is 0 Å². The zero-order valence-corrected chi connectivity index (χ0v) is 14.6. The van der Waals surface area contributed by atoms with Crippen molar-refractivity contribution in [3.63, 3.8) is 0 Å². The Hall–Kier alpha value is -1.84. The van der Waals surface area contributed by atoms with E-state index in [0.717, 1.165) is 18.4 Å². The quantitative estimate of drug-likeness (QED) is 0.621. The number of rotatable bonds is 10. The Kier molecular flexibility index (Phi) is 9.03. The molecule has 0 aromatic heterocycles. The number of benzene rings is 1. The Labute approximate surface area is 139 Å². The molecule has 0 fully saturated rings. The largest absolute Gasteiger partial charge is 0.466 e. The van der Waals surface area contributed by atoms with Crippen LogP contribution in [0.15, 0.2) is 30.3 Å². The fourth-order valence-electron chi connectivity index (χ4n) is 2.29. The molecule has 0 aliphatic carbocycles. The van der Waals surface area contributed by atoms with Gasteiger partial charge in [0.1, 0.15) is 0 Å². The summed E-state index contributed by atoms with van der Waals surface area (Å²) in [7, 11) is 0. The van der Waals surface area contributed by atoms with Gasteiger partial charge < -0.3 is 9.64 Å². The summed E-state index contributed by atoms with van der Waals surface area (Å²) in [6.45, 7) is 7.59. The van der Waals surface area contributed by atoms with Gasteiger partial charge in [0.25, 0.3) is 0 Å². The van der Waals surface area contributed by atoms with E-state index in [1.807, 2.05) is 30.3 Å². The molecule has 0 unspecified atom stereocenters. The zero-order chi connectivity index (χ0) is 17.1. The van der Waals surface area contributed by atoms with Gasteiger partial charge in [0, 0.05) is 19.5 Å². The van der Waals surface area contributed by atoms with E-state index in [2.05, 4.69) is 13.8 Å². The van der Waals surface area contributed by atoms with Crippen molar-refractivity contribution in [3.05, 3.63) is 35.9 Å². The predicted molar refractivity (Wildman–Crippen MR) is 92.0 cm³/mol. The Morgan fingerprint density at radius 3 is 2.39 bits per heavy atom. The Morgan fingerprint density at radius 2 is 1.78 bits per heavy atom. The molecule has 1 aromatic rings. The van der Waals surface area contributed by atoms with Crippen LogP contribution in [0.3, 0.4) is 0 Å². The van der Waals surface area contributed by atoms with Gasteiger partial charge in [0.05, 0.1) is 13.0 Å². The average molecular weight is 319 g/mol. The summed E-state index contributed by atoms with van der Waals surface area (Å²) in [4.78, 5) is 25.8. The highest BCUT2D eigenvalue weighted by atomic mass is 16.5. The van der Waals surface area contributed by atoms with Gasteiger partial charge in [-0.25, -0.2) is 0 Å². The molecule has 0 aliphatic heterocycles. The second kappa shape index (κ2) is 10.8. The first-order chi connectivity index (χ1) is 11.0. The zero-order valence-electron chi connectivity index (χ0n) is 14.6. The molecule has 0 saturated carbocycles. The van der Waals surface area contributed by atoms with Crippen molar-refractivity contribution in [2.24, 2.45) is 5.92 Å². The Bertz CT molecular complexity index is 471. The first kappa shape index (κ1) is 19.2. The summed E-state index contributed by atoms with van der Waals surface area (Å²) in [5.41, 5.74) is 1.16. The second-order valence-corrected chi connectivity index (χ2v) is 6.10. The van der Waals surface area contributed by atoms with Crippen LogP contribution in [0.5, 0.6) is 0 Å². The van der Waals surface area contributed by atoms with Gasteiger partial charge in [-0.05, 0) is 31.2 Å². The molecule has 0 spiro atoms. The maximum Gasteiger partial charge on any atom is 0.307 e. The van der Waals surface area contributed by atoms with Crippen molar-refractivity contribution in [2.45, 2.75) is 46.5 Å². The van der Waals surface area contributed by atoms with Crippen LogP contribution < -0.4 is 0 Å². The number of amides is 1. The highest BCUT2D eigenvalue weighted by Crippen LogP contribution is 2.08. The van der Waals surface area contributed by atoms with Crippen molar-refractivity contribution >= 4 is 11.9 Å². The van der Waals surface area contributed by atoms with E-state index < -0.39 is 0 Å². The van der Waals surface area contributed by atoms with Crippen molar-refractivity contribution < 1.29 is 14.3 Å². The van der Waals surface area contributed by atoms with Gasteiger partial charge in [-0.3, -0.25) is 9.59 Å². The predicted octanol–water partition coefficient (Wildman–Crippen LogP) is 3.45. The fraction of sp³-hybridized carbons (Fsp3) is 0.579. The lowest BCUT2D eigenvalue weighted by Crippen LogP contribution is -2.34. The molecular formula is C19H29NO3. The third kappa shape index (κ3) is 8.38. The average Bonchev–Trinajstić information content (AvgIpc) is 2.53. The number of hydrogen-bond acceptors (Lipinski definition) is 3. The number of aryl methyl sites for hydroxylation is 1. The molecule has 23 heavy (non-hydrogen) atoms. The minimum atomic E-state index is -0.238. The summed E-state index contributed by atoms with van der Waals surface area (Å²) in [5.74, 6) is 0.402. The minimum Gasteiger partial charge on any atom is -0.466 e. The molecule has 0 aliphatic rings. The maximum atomic E-state index is 12.5. The molecule has 4 nitrogen and oxygen atoms in total. The minimum absolute atomic E-state index is 0.110. The summed E-state index contributed by atoms with van der Waals surface area (Å²) < 4.78 is 4.95. The number of carbonyl (C=O) groups is 2. The van der Waals surface area contributed by atoms with E-state index in [9.17, 15) is 9.59 Å². The van der Waals surface area contributed by atoms with E-state index in [0.29, 0.717) is 32.0 Å². The molecule has 0 radical (unpaired) electrons. The molecule has 0 atom stereocenters. The van der Waals surface area contributed by atoms with Crippen LogP contribution in [-0.2, 0) is 20.7 Å². The third-order valence-electron chi connectivity index (χ3n) is 3.69. The van der Waals surface area contributed by atoms with Crippen LogP contribution in [0, 0.1) is 5.92 Å². The highest BCUT2D eigenvalue weighted by Gasteiger charge is 2.15. The Morgan fingerprint density at radius 1 is 1.09 bits per heavy atom. The van der Waals surface area contributed by atoms with E-state index in [1.54, 1.807) is 11.8 Å². The molecule has 1 rings (SSSR count). The highest BCUT2D eigenvalue weighted by molar-refractivity contribution is 5.77. The van der Waals surface area contributed by atoms with Crippen LogP contribution in [0.2, 0.25) is 0 Å². The molecule has 1 amide bonds. The van der Waals surface area contributed by atoms with Gasteiger partial charge in [-0.1, -0.05) is 44.2 Å².